The Kier molecular flexibility index (Phi) is 5.56. The minimum absolute atomic E-state index is 0.145. The van der Waals surface area contributed by atoms with E-state index >= 15 is 0 Å². The smallest absolute Gasteiger partial charge is 0.435 e. The van der Waals surface area contributed by atoms with Crippen molar-refractivity contribution in [2.24, 2.45) is 5.10 Å². The summed E-state index contributed by atoms with van der Waals surface area (Å²) in [6.07, 6.45) is -0.824. The zero-order chi connectivity index (χ0) is 20.6. The monoisotopic (exact) mass is 453 g/mol. The Labute approximate surface area is 172 Å². The maximum atomic E-state index is 13.5. The van der Waals surface area contributed by atoms with Gasteiger partial charge in [-0.05, 0) is 52.3 Å². The maximum absolute atomic E-state index is 13.5. The fourth-order valence-electron chi connectivity index (χ4n) is 3.18. The van der Waals surface area contributed by atoms with Crippen molar-refractivity contribution in [3.05, 3.63) is 28.2 Å². The molecular weight excluding hydrogens is 430 g/mol. The van der Waals surface area contributed by atoms with E-state index in [0.717, 1.165) is 15.9 Å². The van der Waals surface area contributed by atoms with Crippen molar-refractivity contribution in [2.45, 2.75) is 59.0 Å². The Morgan fingerprint density at radius 1 is 1.29 bits per heavy atom. The van der Waals surface area contributed by atoms with E-state index in [1.165, 1.54) is 0 Å². The fourth-order valence-corrected chi connectivity index (χ4v) is 3.54. The third-order valence-electron chi connectivity index (χ3n) is 4.16. The number of anilines is 1. The molecule has 2 heterocycles. The van der Waals surface area contributed by atoms with Gasteiger partial charge in [-0.15, -0.1) is 5.01 Å². The largest absolute Gasteiger partial charge is 0.447 e. The highest BCUT2D eigenvalue weighted by atomic mass is 79.9. The van der Waals surface area contributed by atoms with Crippen molar-refractivity contribution in [1.29, 1.82) is 0 Å². The number of amides is 2. The normalized spacial score (nSPS) is 20.7. The molecule has 2 aliphatic heterocycles. The highest BCUT2D eigenvalue weighted by Crippen LogP contribution is 2.49. The number of ether oxygens (including phenoxy) is 3. The number of carbonyl (C=O) groups is 2. The van der Waals surface area contributed by atoms with Crippen molar-refractivity contribution >= 4 is 39.7 Å². The van der Waals surface area contributed by atoms with Crippen LogP contribution in [-0.2, 0) is 24.7 Å². The van der Waals surface area contributed by atoms with Gasteiger partial charge in [-0.2, -0.15) is 0 Å². The summed E-state index contributed by atoms with van der Waals surface area (Å²) in [4.78, 5) is 28.0. The Hall–Kier alpha value is -2.29. The third-order valence-corrected chi connectivity index (χ3v) is 4.65. The summed E-state index contributed by atoms with van der Waals surface area (Å²) < 4.78 is 17.6. The number of fused-ring (bicyclic) bond motifs is 2. The molecule has 8 nitrogen and oxygen atoms in total. The number of benzene rings is 1. The highest BCUT2D eigenvalue weighted by molar-refractivity contribution is 9.10. The van der Waals surface area contributed by atoms with Crippen LogP contribution in [0.4, 0.5) is 10.5 Å². The molecule has 0 saturated carbocycles. The van der Waals surface area contributed by atoms with Gasteiger partial charge in [0.05, 0.1) is 23.5 Å². The number of hydrogen-bond donors (Lipinski definition) is 0. The maximum Gasteiger partial charge on any atom is 0.435 e. The van der Waals surface area contributed by atoms with Gasteiger partial charge in [0.1, 0.15) is 0 Å². The van der Waals surface area contributed by atoms with Gasteiger partial charge in [0.2, 0.25) is 0 Å². The fraction of sp³-hybridized carbons (Fsp3) is 0.526. The Bertz CT molecular complexity index is 826. The number of hydrazone groups is 1. The Morgan fingerprint density at radius 3 is 2.61 bits per heavy atom. The van der Waals surface area contributed by atoms with Gasteiger partial charge in [-0.3, -0.25) is 4.79 Å². The molecular formula is C19H24BrN3O5. The first-order chi connectivity index (χ1) is 13.2. The molecule has 2 aliphatic rings. The standard InChI is InChI=1S/C19H24BrN3O5/c1-6-9-22-15-8-7-13(20)10-14(15)19(16(22)24)23(18(25)27-12(4)5)21-17(28-19)26-11(2)3/h7-8,10-12H,6,9H2,1-5H3. The summed E-state index contributed by atoms with van der Waals surface area (Å²) in [5, 5.41) is 5.11. The van der Waals surface area contributed by atoms with E-state index in [4.69, 9.17) is 14.2 Å². The summed E-state index contributed by atoms with van der Waals surface area (Å²) >= 11 is 3.44. The summed E-state index contributed by atoms with van der Waals surface area (Å²) in [6, 6.07) is 5.41. The number of hydrogen-bond acceptors (Lipinski definition) is 6. The van der Waals surface area contributed by atoms with Crippen molar-refractivity contribution in [1.82, 2.24) is 5.01 Å². The molecule has 28 heavy (non-hydrogen) atoms. The Balaban J connectivity index is 2.14. The van der Waals surface area contributed by atoms with Crippen LogP contribution in [0.25, 0.3) is 0 Å². The summed E-state index contributed by atoms with van der Waals surface area (Å²) in [7, 11) is 0. The van der Waals surface area contributed by atoms with Gasteiger partial charge >= 0.3 is 17.9 Å². The van der Waals surface area contributed by atoms with E-state index in [-0.39, 0.29) is 18.3 Å². The van der Waals surface area contributed by atoms with Gasteiger partial charge in [0, 0.05) is 11.0 Å². The second kappa shape index (κ2) is 7.62. The van der Waals surface area contributed by atoms with Crippen LogP contribution in [0, 0.1) is 0 Å². The molecule has 0 fully saturated rings. The van der Waals surface area contributed by atoms with Gasteiger partial charge < -0.3 is 19.1 Å². The molecule has 0 N–H and O–H groups in total. The van der Waals surface area contributed by atoms with Gasteiger partial charge in [-0.25, -0.2) is 4.79 Å². The zero-order valence-electron chi connectivity index (χ0n) is 16.6. The van der Waals surface area contributed by atoms with Crippen molar-refractivity contribution in [3.63, 3.8) is 0 Å². The first kappa shape index (κ1) is 20.4. The lowest BCUT2D eigenvalue weighted by Crippen LogP contribution is -2.53. The second-order valence-corrected chi connectivity index (χ2v) is 8.06. The van der Waals surface area contributed by atoms with Crippen molar-refractivity contribution in [3.8, 4) is 0 Å². The molecule has 3 rings (SSSR count). The molecule has 2 amide bonds. The van der Waals surface area contributed by atoms with E-state index < -0.39 is 17.7 Å². The molecule has 1 atom stereocenters. The van der Waals surface area contributed by atoms with E-state index in [0.29, 0.717) is 17.8 Å². The lowest BCUT2D eigenvalue weighted by molar-refractivity contribution is -0.149. The molecule has 1 spiro atoms. The zero-order valence-corrected chi connectivity index (χ0v) is 18.1. The molecule has 0 aliphatic carbocycles. The molecule has 1 unspecified atom stereocenters. The van der Waals surface area contributed by atoms with E-state index in [2.05, 4.69) is 21.0 Å². The molecule has 9 heteroatoms. The first-order valence-corrected chi connectivity index (χ1v) is 10.1. The predicted octanol–water partition coefficient (Wildman–Crippen LogP) is 3.93. The topological polar surface area (TPSA) is 80.7 Å². The van der Waals surface area contributed by atoms with Crippen LogP contribution < -0.4 is 4.90 Å². The Morgan fingerprint density at radius 2 is 2.00 bits per heavy atom. The van der Waals surface area contributed by atoms with E-state index in [1.54, 1.807) is 38.7 Å². The number of halogens is 1. The van der Waals surface area contributed by atoms with Crippen LogP contribution in [0.2, 0.25) is 0 Å². The van der Waals surface area contributed by atoms with Crippen LogP contribution in [0.5, 0.6) is 0 Å². The van der Waals surface area contributed by atoms with Gasteiger partial charge in [0.25, 0.3) is 5.91 Å². The molecule has 1 aromatic carbocycles. The molecule has 152 valence electrons. The van der Waals surface area contributed by atoms with Crippen molar-refractivity contribution in [2.75, 3.05) is 11.4 Å². The number of rotatable bonds is 4. The molecule has 0 saturated heterocycles. The second-order valence-electron chi connectivity index (χ2n) is 7.14. The van der Waals surface area contributed by atoms with Crippen LogP contribution >= 0.6 is 15.9 Å². The van der Waals surface area contributed by atoms with Crippen LogP contribution in [0.3, 0.4) is 0 Å². The number of nitrogens with zero attached hydrogens (tertiary/aromatic N) is 3. The van der Waals surface area contributed by atoms with Crippen LogP contribution in [0.1, 0.15) is 46.6 Å². The average molecular weight is 454 g/mol. The minimum Gasteiger partial charge on any atom is -0.447 e. The van der Waals surface area contributed by atoms with E-state index in [9.17, 15) is 9.59 Å². The molecule has 0 bridgehead atoms. The lowest BCUT2D eigenvalue weighted by Gasteiger charge is -2.29. The first-order valence-electron chi connectivity index (χ1n) is 9.27. The van der Waals surface area contributed by atoms with Crippen molar-refractivity contribution < 1.29 is 23.8 Å². The summed E-state index contributed by atoms with van der Waals surface area (Å²) in [6.45, 7) is 9.51. The summed E-state index contributed by atoms with van der Waals surface area (Å²) in [5.74, 6) is -0.408. The average Bonchev–Trinajstić information content (AvgIpc) is 3.07. The molecule has 0 aromatic heterocycles. The lowest BCUT2D eigenvalue weighted by atomic mass is 10.0. The quantitative estimate of drug-likeness (QED) is 0.689. The SMILES string of the molecule is CCCN1C(=O)C2(OC(OC(C)C)=NN2C(=O)OC(C)C)c2cc(Br)ccc21. The highest BCUT2D eigenvalue weighted by Gasteiger charge is 2.64. The summed E-state index contributed by atoms with van der Waals surface area (Å²) in [5.41, 5.74) is -0.615. The van der Waals surface area contributed by atoms with E-state index in [1.807, 2.05) is 19.1 Å². The van der Waals surface area contributed by atoms with Gasteiger partial charge in [0.15, 0.2) is 0 Å². The van der Waals surface area contributed by atoms with Gasteiger partial charge in [-0.1, -0.05) is 28.0 Å². The molecule has 1 aromatic rings. The van der Waals surface area contributed by atoms with Crippen LogP contribution in [0.15, 0.2) is 27.8 Å². The van der Waals surface area contributed by atoms with Crippen LogP contribution in [-0.4, -0.2) is 41.8 Å². The third kappa shape index (κ3) is 3.32. The molecule has 0 radical (unpaired) electrons. The number of carbonyl (C=O) groups excluding carboxylic acids is 2. The predicted molar refractivity (Wildman–Crippen MR) is 107 cm³/mol. The minimum atomic E-state index is -1.79.